The number of thiophene rings is 1. The van der Waals surface area contributed by atoms with Crippen molar-refractivity contribution in [3.8, 4) is 5.75 Å². The lowest BCUT2D eigenvalue weighted by molar-refractivity contribution is -0.123. The Bertz CT molecular complexity index is 1130. The fourth-order valence-corrected chi connectivity index (χ4v) is 3.36. The lowest BCUT2D eigenvalue weighted by atomic mass is 10.3. The van der Waals surface area contributed by atoms with Gasteiger partial charge in [0.2, 0.25) is 0 Å². The van der Waals surface area contributed by atoms with Crippen molar-refractivity contribution in [1.82, 2.24) is 20.4 Å². The number of aromatic nitrogens is 2. The van der Waals surface area contributed by atoms with Gasteiger partial charge in [-0.15, -0.1) is 11.3 Å². The van der Waals surface area contributed by atoms with Crippen molar-refractivity contribution in [2.45, 2.75) is 13.0 Å². The quantitative estimate of drug-likeness (QED) is 0.431. The van der Waals surface area contributed by atoms with Crippen LogP contribution in [0.3, 0.4) is 0 Å². The average Bonchev–Trinajstić information content (AvgIpc) is 3.33. The van der Waals surface area contributed by atoms with E-state index >= 15 is 0 Å². The Hall–Kier alpha value is -3.99. The van der Waals surface area contributed by atoms with Crippen molar-refractivity contribution in [2.24, 2.45) is 0 Å². The van der Waals surface area contributed by atoms with Gasteiger partial charge in [0.05, 0.1) is 6.54 Å². The summed E-state index contributed by atoms with van der Waals surface area (Å²) in [5, 5.41) is 10.5. The van der Waals surface area contributed by atoms with Crippen LogP contribution in [0.5, 0.6) is 5.75 Å². The van der Waals surface area contributed by atoms with E-state index in [4.69, 9.17) is 9.47 Å². The predicted molar refractivity (Wildman–Crippen MR) is 120 cm³/mol. The van der Waals surface area contributed by atoms with E-state index in [0.717, 1.165) is 9.56 Å². The van der Waals surface area contributed by atoms with Gasteiger partial charge >= 0.3 is 12.0 Å². The van der Waals surface area contributed by atoms with E-state index in [2.05, 4.69) is 15.7 Å². The number of nitrogens with one attached hydrogen (secondary N) is 2. The Morgan fingerprint density at radius 3 is 2.61 bits per heavy atom. The van der Waals surface area contributed by atoms with Crippen LogP contribution in [-0.4, -0.2) is 47.4 Å². The number of imide groups is 1. The van der Waals surface area contributed by atoms with Crippen LogP contribution in [0.15, 0.2) is 64.8 Å². The Morgan fingerprint density at radius 2 is 1.85 bits per heavy atom. The summed E-state index contributed by atoms with van der Waals surface area (Å²) in [6.07, 6.45) is 0.645. The number of amides is 3. The fourth-order valence-electron chi connectivity index (χ4n) is 2.65. The van der Waals surface area contributed by atoms with E-state index in [1.54, 1.807) is 23.5 Å². The number of esters is 1. The molecule has 0 aliphatic carbocycles. The van der Waals surface area contributed by atoms with Gasteiger partial charge in [-0.3, -0.25) is 14.9 Å². The summed E-state index contributed by atoms with van der Waals surface area (Å²) >= 11 is 1.57. The first kappa shape index (κ1) is 23.7. The normalized spacial score (nSPS) is 10.3. The molecule has 0 aliphatic heterocycles. The first-order chi connectivity index (χ1) is 16.0. The second-order valence-corrected chi connectivity index (χ2v) is 7.68. The van der Waals surface area contributed by atoms with Gasteiger partial charge in [-0.1, -0.05) is 24.3 Å². The molecule has 33 heavy (non-hydrogen) atoms. The number of hydrogen-bond donors (Lipinski definition) is 2. The zero-order valence-electron chi connectivity index (χ0n) is 17.6. The first-order valence-corrected chi connectivity index (χ1v) is 10.9. The standard InChI is InChI=1S/C22H22N4O6S/c27-19(24-22(30)23-11-10-17-7-4-14-33-17)15-32-21(29)18-8-9-20(28)26(25-18)12-13-31-16-5-2-1-3-6-16/h1-9,14H,10-13,15H2,(H2,23,24,27,30). The molecule has 0 unspecified atom stereocenters. The smallest absolute Gasteiger partial charge is 0.359 e. The van der Waals surface area contributed by atoms with Crippen molar-refractivity contribution in [3.63, 3.8) is 0 Å². The number of ether oxygens (including phenoxy) is 2. The van der Waals surface area contributed by atoms with Gasteiger partial charge in [0.25, 0.3) is 11.5 Å². The van der Waals surface area contributed by atoms with Crippen molar-refractivity contribution in [1.29, 1.82) is 0 Å². The minimum absolute atomic E-state index is 0.112. The zero-order chi connectivity index (χ0) is 23.5. The van der Waals surface area contributed by atoms with Crippen molar-refractivity contribution in [2.75, 3.05) is 19.8 Å². The van der Waals surface area contributed by atoms with Gasteiger partial charge < -0.3 is 14.8 Å². The number of nitrogens with zero attached hydrogens (tertiary/aromatic N) is 2. The van der Waals surface area contributed by atoms with Crippen LogP contribution in [0.25, 0.3) is 0 Å². The minimum atomic E-state index is -0.902. The van der Waals surface area contributed by atoms with E-state index in [1.165, 1.54) is 12.1 Å². The number of carbonyl (C=O) groups is 3. The lowest BCUT2D eigenvalue weighted by Gasteiger charge is -2.09. The van der Waals surface area contributed by atoms with E-state index in [9.17, 15) is 19.2 Å². The molecule has 2 N–H and O–H groups in total. The summed E-state index contributed by atoms with van der Waals surface area (Å²) in [6.45, 7) is -0.0334. The summed E-state index contributed by atoms with van der Waals surface area (Å²) in [5.41, 5.74) is -0.567. The van der Waals surface area contributed by atoms with Gasteiger partial charge in [0, 0.05) is 17.5 Å². The molecule has 0 saturated carbocycles. The maximum atomic E-state index is 12.2. The summed E-state index contributed by atoms with van der Waals surface area (Å²) < 4.78 is 11.5. The summed E-state index contributed by atoms with van der Waals surface area (Å²) in [5.74, 6) is -1.05. The number of urea groups is 1. The van der Waals surface area contributed by atoms with E-state index in [0.29, 0.717) is 18.7 Å². The molecule has 1 aromatic carbocycles. The van der Waals surface area contributed by atoms with Crippen LogP contribution in [0.2, 0.25) is 0 Å². The monoisotopic (exact) mass is 470 g/mol. The molecule has 0 aliphatic rings. The largest absolute Gasteiger partial charge is 0.492 e. The number of para-hydroxylation sites is 1. The van der Waals surface area contributed by atoms with Crippen molar-refractivity contribution < 1.29 is 23.9 Å². The van der Waals surface area contributed by atoms with Gasteiger partial charge in [-0.25, -0.2) is 14.3 Å². The Morgan fingerprint density at radius 1 is 1.03 bits per heavy atom. The molecule has 3 rings (SSSR count). The third-order valence-corrected chi connectivity index (χ3v) is 5.15. The third-order valence-electron chi connectivity index (χ3n) is 4.22. The second-order valence-electron chi connectivity index (χ2n) is 6.65. The van der Waals surface area contributed by atoms with E-state index in [1.807, 2.05) is 35.7 Å². The number of rotatable bonds is 10. The highest BCUT2D eigenvalue weighted by molar-refractivity contribution is 7.09. The van der Waals surface area contributed by atoms with Crippen LogP contribution in [0.1, 0.15) is 15.4 Å². The number of carbonyl (C=O) groups excluding carboxylic acids is 3. The van der Waals surface area contributed by atoms with Crippen LogP contribution in [0, 0.1) is 0 Å². The maximum Gasteiger partial charge on any atom is 0.359 e. The highest BCUT2D eigenvalue weighted by Gasteiger charge is 2.15. The molecule has 11 heteroatoms. The molecule has 0 spiro atoms. The number of hydrogen-bond acceptors (Lipinski definition) is 8. The summed E-state index contributed by atoms with van der Waals surface area (Å²) in [7, 11) is 0. The molecule has 172 valence electrons. The Kier molecular flexibility index (Phi) is 8.71. The van der Waals surface area contributed by atoms with Gasteiger partial charge in [-0.05, 0) is 36.1 Å². The van der Waals surface area contributed by atoms with Crippen LogP contribution in [0.4, 0.5) is 4.79 Å². The molecule has 3 aromatic rings. The molecule has 3 amide bonds. The first-order valence-electron chi connectivity index (χ1n) is 10.0. The minimum Gasteiger partial charge on any atom is -0.492 e. The highest BCUT2D eigenvalue weighted by Crippen LogP contribution is 2.08. The summed E-state index contributed by atoms with van der Waals surface area (Å²) in [4.78, 5) is 48.8. The molecular weight excluding hydrogens is 448 g/mol. The van der Waals surface area contributed by atoms with E-state index in [-0.39, 0.29) is 18.8 Å². The molecule has 0 fully saturated rings. The molecule has 2 aromatic heterocycles. The van der Waals surface area contributed by atoms with E-state index < -0.39 is 30.1 Å². The zero-order valence-corrected chi connectivity index (χ0v) is 18.4. The molecule has 2 heterocycles. The number of benzene rings is 1. The van der Waals surface area contributed by atoms with Gasteiger partial charge in [0.1, 0.15) is 12.4 Å². The van der Waals surface area contributed by atoms with Crippen molar-refractivity contribution in [3.05, 3.63) is 80.9 Å². The molecular formula is C22H22N4O6S. The Balaban J connectivity index is 1.41. The Labute approximate surface area is 193 Å². The maximum absolute atomic E-state index is 12.2. The molecule has 0 atom stereocenters. The van der Waals surface area contributed by atoms with Gasteiger partial charge in [0.15, 0.2) is 12.3 Å². The predicted octanol–water partition coefficient (Wildman–Crippen LogP) is 1.61. The topological polar surface area (TPSA) is 129 Å². The average molecular weight is 471 g/mol. The summed E-state index contributed by atoms with van der Waals surface area (Å²) in [6, 6.07) is 14.6. The SMILES string of the molecule is O=C(COC(=O)c1ccc(=O)n(CCOc2ccccc2)n1)NC(=O)NCCc1cccs1. The molecule has 0 bridgehead atoms. The van der Waals surface area contributed by atoms with Crippen molar-refractivity contribution >= 4 is 29.2 Å². The van der Waals surface area contributed by atoms with Crippen LogP contribution in [-0.2, 0) is 22.5 Å². The van der Waals surface area contributed by atoms with Crippen LogP contribution < -0.4 is 20.9 Å². The molecule has 10 nitrogen and oxygen atoms in total. The highest BCUT2D eigenvalue weighted by atomic mass is 32.1. The second kappa shape index (κ2) is 12.2. The lowest BCUT2D eigenvalue weighted by Crippen LogP contribution is -2.42. The van der Waals surface area contributed by atoms with Crippen LogP contribution >= 0.6 is 11.3 Å². The fraction of sp³-hybridized carbons (Fsp3) is 0.227. The molecule has 0 saturated heterocycles. The van der Waals surface area contributed by atoms with Gasteiger partial charge in [-0.2, -0.15) is 5.10 Å². The third kappa shape index (κ3) is 7.89. The molecule has 0 radical (unpaired) electrons.